The monoisotopic (exact) mass is 742 g/mol. The van der Waals surface area contributed by atoms with Gasteiger partial charge in [0, 0.05) is 45.6 Å². The Morgan fingerprint density at radius 2 is 0.825 bits per heavy atom. The number of esters is 2. The van der Waals surface area contributed by atoms with E-state index in [1.54, 1.807) is 24.3 Å². The van der Waals surface area contributed by atoms with Gasteiger partial charge in [-0.3, -0.25) is 9.59 Å². The lowest BCUT2D eigenvalue weighted by Gasteiger charge is -2.42. The number of benzene rings is 6. The summed E-state index contributed by atoms with van der Waals surface area (Å²) in [4.78, 5) is 38.4. The van der Waals surface area contributed by atoms with E-state index in [0.717, 1.165) is 66.6 Å². The van der Waals surface area contributed by atoms with Crippen molar-refractivity contribution in [2.75, 3.05) is 0 Å². The van der Waals surface area contributed by atoms with E-state index in [1.807, 2.05) is 60.7 Å². The Kier molecular flexibility index (Phi) is 8.48. The third-order valence-corrected chi connectivity index (χ3v) is 11.9. The van der Waals surface area contributed by atoms with Crippen LogP contribution in [0.1, 0.15) is 54.4 Å². The van der Waals surface area contributed by atoms with Crippen LogP contribution in [-0.4, -0.2) is 21.9 Å². The number of hydrogen-bond acceptors (Lipinski definition) is 6. The van der Waals surface area contributed by atoms with Crippen molar-refractivity contribution >= 4 is 33.7 Å². The number of ether oxygens (including phenoxy) is 2. The van der Waals surface area contributed by atoms with Crippen LogP contribution in [-0.2, 0) is 20.4 Å². The highest BCUT2D eigenvalue weighted by atomic mass is 16.5. The fourth-order valence-electron chi connectivity index (χ4n) is 9.46. The van der Waals surface area contributed by atoms with Gasteiger partial charge in [-0.1, -0.05) is 121 Å². The number of carbonyl (C=O) groups is 2. The summed E-state index contributed by atoms with van der Waals surface area (Å²) in [5, 5.41) is 2.06. The average Bonchev–Trinajstić information content (AvgIpc) is 3.67. The SMILES string of the molecule is O=C(CCC1(CC2(CCC(=O)Oc3ccccc3)c3ccccc3-c3nc4ccccc4cc32)c2ccccc2-c2nc3ccccc3cc21)Oc1ccccc1. The fourth-order valence-corrected chi connectivity index (χ4v) is 9.46. The standard InChI is InChI=1S/C51H38N2O4/c54-46(56-36-17-3-1-4-18-36)27-29-50(40-23-11-9-21-38(40)48-42(50)31-34-15-7-13-25-44(34)52-48)33-51(30-28-47(55)57-37-19-5-2-6-20-37)41-24-12-10-22-39(41)49-43(51)32-35-16-8-14-26-45(35)53-49/h1-26,31-32H,27-30,33H2. The Balaban J connectivity index is 1.18. The number of aromatic nitrogens is 2. The first kappa shape index (κ1) is 34.6. The summed E-state index contributed by atoms with van der Waals surface area (Å²) in [6, 6.07) is 56.4. The maximum atomic E-state index is 13.9. The van der Waals surface area contributed by atoms with Crippen molar-refractivity contribution in [1.82, 2.24) is 9.97 Å². The zero-order chi connectivity index (χ0) is 38.4. The van der Waals surface area contributed by atoms with Gasteiger partial charge in [0.1, 0.15) is 11.5 Å². The molecule has 0 aliphatic heterocycles. The largest absolute Gasteiger partial charge is 0.427 e. The lowest BCUT2D eigenvalue weighted by molar-refractivity contribution is -0.135. The molecule has 2 unspecified atom stereocenters. The maximum Gasteiger partial charge on any atom is 0.311 e. The van der Waals surface area contributed by atoms with Crippen LogP contribution >= 0.6 is 0 Å². The first-order valence-corrected chi connectivity index (χ1v) is 19.5. The van der Waals surface area contributed by atoms with E-state index in [2.05, 4.69) is 84.9 Å². The average molecular weight is 743 g/mol. The van der Waals surface area contributed by atoms with E-state index in [0.29, 0.717) is 30.8 Å². The van der Waals surface area contributed by atoms with Gasteiger partial charge in [0.25, 0.3) is 0 Å². The van der Waals surface area contributed by atoms with Crippen LogP contribution in [0, 0.1) is 0 Å². The molecule has 10 rings (SSSR count). The molecular formula is C51H38N2O4. The molecule has 0 saturated carbocycles. The van der Waals surface area contributed by atoms with Crippen molar-refractivity contribution in [2.45, 2.75) is 42.9 Å². The maximum absolute atomic E-state index is 13.9. The molecule has 0 bridgehead atoms. The summed E-state index contributed by atoms with van der Waals surface area (Å²) in [7, 11) is 0. The Hall–Kier alpha value is -6.92. The van der Waals surface area contributed by atoms with Crippen LogP contribution < -0.4 is 9.47 Å². The second kappa shape index (κ2) is 14.0. The number of pyridine rings is 2. The second-order valence-electron chi connectivity index (χ2n) is 15.2. The molecule has 276 valence electrons. The summed E-state index contributed by atoms with van der Waals surface area (Å²) in [5.41, 5.74) is 8.69. The van der Waals surface area contributed by atoms with Crippen molar-refractivity contribution in [3.05, 3.63) is 192 Å². The van der Waals surface area contributed by atoms with Crippen LogP contribution in [0.5, 0.6) is 11.5 Å². The lowest BCUT2D eigenvalue weighted by atomic mass is 9.60. The van der Waals surface area contributed by atoms with E-state index in [-0.39, 0.29) is 24.8 Å². The smallest absolute Gasteiger partial charge is 0.311 e. The van der Waals surface area contributed by atoms with Gasteiger partial charge in [-0.2, -0.15) is 0 Å². The van der Waals surface area contributed by atoms with Gasteiger partial charge in [0.15, 0.2) is 0 Å². The lowest BCUT2D eigenvalue weighted by Crippen LogP contribution is -2.39. The molecule has 0 spiro atoms. The minimum Gasteiger partial charge on any atom is -0.427 e. The van der Waals surface area contributed by atoms with Gasteiger partial charge in [0.05, 0.1) is 22.4 Å². The molecule has 0 N–H and O–H groups in total. The van der Waals surface area contributed by atoms with Gasteiger partial charge in [0.2, 0.25) is 0 Å². The van der Waals surface area contributed by atoms with Crippen LogP contribution in [0.2, 0.25) is 0 Å². The molecule has 2 atom stereocenters. The molecule has 8 aromatic rings. The molecule has 0 amide bonds. The Bertz CT molecular complexity index is 2640. The molecule has 2 aliphatic rings. The van der Waals surface area contributed by atoms with Crippen LogP contribution in [0.4, 0.5) is 0 Å². The topological polar surface area (TPSA) is 78.4 Å². The molecule has 6 aromatic carbocycles. The number of para-hydroxylation sites is 4. The molecule has 0 fully saturated rings. The van der Waals surface area contributed by atoms with Crippen molar-refractivity contribution in [3.8, 4) is 34.0 Å². The van der Waals surface area contributed by atoms with Gasteiger partial charge < -0.3 is 9.47 Å². The van der Waals surface area contributed by atoms with Gasteiger partial charge in [-0.05, 0) is 90.0 Å². The van der Waals surface area contributed by atoms with E-state index < -0.39 is 10.8 Å². The minimum absolute atomic E-state index is 0.159. The molecule has 6 nitrogen and oxygen atoms in total. The number of hydrogen-bond donors (Lipinski definition) is 0. The Morgan fingerprint density at radius 1 is 0.439 bits per heavy atom. The van der Waals surface area contributed by atoms with Crippen LogP contribution in [0.25, 0.3) is 44.3 Å². The second-order valence-corrected chi connectivity index (χ2v) is 15.2. The van der Waals surface area contributed by atoms with Crippen LogP contribution in [0.15, 0.2) is 170 Å². The van der Waals surface area contributed by atoms with Crippen molar-refractivity contribution in [3.63, 3.8) is 0 Å². The van der Waals surface area contributed by atoms with Gasteiger partial charge in [-0.15, -0.1) is 0 Å². The quantitative estimate of drug-likeness (QED) is 0.103. The highest BCUT2D eigenvalue weighted by molar-refractivity contribution is 5.91. The summed E-state index contributed by atoms with van der Waals surface area (Å²) < 4.78 is 11.9. The minimum atomic E-state index is -0.720. The van der Waals surface area contributed by atoms with Crippen molar-refractivity contribution in [2.24, 2.45) is 0 Å². The number of fused-ring (bicyclic) bond motifs is 8. The first-order valence-electron chi connectivity index (χ1n) is 19.5. The Labute approximate surface area is 330 Å². The van der Waals surface area contributed by atoms with Crippen LogP contribution in [0.3, 0.4) is 0 Å². The number of nitrogens with zero attached hydrogens (tertiary/aromatic N) is 2. The Morgan fingerprint density at radius 3 is 1.28 bits per heavy atom. The van der Waals surface area contributed by atoms with Gasteiger partial charge >= 0.3 is 11.9 Å². The predicted molar refractivity (Wildman–Crippen MR) is 223 cm³/mol. The molecule has 6 heteroatoms. The van der Waals surface area contributed by atoms with E-state index in [9.17, 15) is 9.59 Å². The van der Waals surface area contributed by atoms with E-state index >= 15 is 0 Å². The summed E-state index contributed by atoms with van der Waals surface area (Å²) in [6.45, 7) is 0. The van der Waals surface area contributed by atoms with Crippen molar-refractivity contribution < 1.29 is 19.1 Å². The van der Waals surface area contributed by atoms with E-state index in [1.165, 1.54) is 0 Å². The summed E-state index contributed by atoms with van der Waals surface area (Å²) in [6.07, 6.45) is 1.78. The molecule has 2 aromatic heterocycles. The zero-order valence-corrected chi connectivity index (χ0v) is 31.2. The summed E-state index contributed by atoms with van der Waals surface area (Å²) >= 11 is 0. The molecule has 57 heavy (non-hydrogen) atoms. The molecule has 0 radical (unpaired) electrons. The highest BCUT2D eigenvalue weighted by Gasteiger charge is 2.54. The zero-order valence-electron chi connectivity index (χ0n) is 31.2. The molecular weight excluding hydrogens is 705 g/mol. The fraction of sp³-hybridized carbons (Fsp3) is 0.137. The molecule has 2 heterocycles. The summed E-state index contributed by atoms with van der Waals surface area (Å²) in [5.74, 6) is 0.420. The van der Waals surface area contributed by atoms with Gasteiger partial charge in [-0.25, -0.2) is 9.97 Å². The normalized spacial score (nSPS) is 17.4. The molecule has 0 saturated heterocycles. The number of rotatable bonds is 10. The highest BCUT2D eigenvalue weighted by Crippen LogP contribution is 2.62. The predicted octanol–water partition coefficient (Wildman–Crippen LogP) is 11.2. The van der Waals surface area contributed by atoms with Crippen molar-refractivity contribution in [1.29, 1.82) is 0 Å². The number of carbonyl (C=O) groups excluding carboxylic acids is 2. The third-order valence-electron chi connectivity index (χ3n) is 11.9. The molecule has 2 aliphatic carbocycles. The third kappa shape index (κ3) is 5.96. The van der Waals surface area contributed by atoms with E-state index in [4.69, 9.17) is 19.4 Å². The first-order chi connectivity index (χ1) is 28.0.